The van der Waals surface area contributed by atoms with Crippen molar-refractivity contribution < 1.29 is 9.90 Å². The lowest BCUT2D eigenvalue weighted by molar-refractivity contribution is 0.0697. The zero-order chi connectivity index (χ0) is 19.1. The van der Waals surface area contributed by atoms with E-state index in [9.17, 15) is 9.59 Å². The van der Waals surface area contributed by atoms with Crippen LogP contribution in [0.2, 0.25) is 5.02 Å². The molecule has 2 aromatic heterocycles. The Morgan fingerprint density at radius 2 is 1.78 bits per heavy atom. The van der Waals surface area contributed by atoms with Crippen molar-refractivity contribution in [3.63, 3.8) is 0 Å². The number of carboxylic acids is 1. The van der Waals surface area contributed by atoms with Gasteiger partial charge >= 0.3 is 5.97 Å². The van der Waals surface area contributed by atoms with Gasteiger partial charge in [-0.3, -0.25) is 4.79 Å². The fourth-order valence-electron chi connectivity index (χ4n) is 2.74. The van der Waals surface area contributed by atoms with Crippen molar-refractivity contribution >= 4 is 39.1 Å². The van der Waals surface area contributed by atoms with Gasteiger partial charge in [-0.15, -0.1) is 11.3 Å². The molecule has 0 aliphatic heterocycles. The zero-order valence-electron chi connectivity index (χ0n) is 14.0. The Labute approximate surface area is 162 Å². The first-order chi connectivity index (χ1) is 12.9. The van der Waals surface area contributed by atoms with E-state index in [2.05, 4.69) is 10.1 Å². The quantitative estimate of drug-likeness (QED) is 0.560. The fourth-order valence-corrected chi connectivity index (χ4v) is 3.78. The predicted molar refractivity (Wildman–Crippen MR) is 105 cm³/mol. The molecule has 0 saturated carbocycles. The lowest BCUT2D eigenvalue weighted by Crippen LogP contribution is -2.22. The first-order valence-corrected chi connectivity index (χ1v) is 9.13. The fraction of sp³-hybridized carbons (Fsp3) is 0.0526. The van der Waals surface area contributed by atoms with Gasteiger partial charge in [-0.1, -0.05) is 23.7 Å². The van der Waals surface area contributed by atoms with E-state index in [0.29, 0.717) is 26.6 Å². The third-order valence-electron chi connectivity index (χ3n) is 4.02. The Balaban J connectivity index is 1.98. The van der Waals surface area contributed by atoms with Crippen LogP contribution in [0.1, 0.15) is 15.4 Å². The highest BCUT2D eigenvalue weighted by atomic mass is 35.5. The maximum absolute atomic E-state index is 12.9. The van der Waals surface area contributed by atoms with Crippen molar-refractivity contribution in [2.45, 2.75) is 6.92 Å². The second-order valence-corrected chi connectivity index (χ2v) is 7.47. The summed E-state index contributed by atoms with van der Waals surface area (Å²) in [6.45, 7) is 1.84. The van der Waals surface area contributed by atoms with Crippen molar-refractivity contribution in [3.8, 4) is 16.9 Å². The average molecular weight is 398 g/mol. The van der Waals surface area contributed by atoms with Crippen LogP contribution in [-0.4, -0.2) is 25.8 Å². The molecule has 0 unspecified atom stereocenters. The first kappa shape index (κ1) is 17.4. The molecule has 0 bridgehead atoms. The van der Waals surface area contributed by atoms with Crippen LogP contribution in [0, 0.1) is 6.92 Å². The Kier molecular flexibility index (Phi) is 4.25. The molecule has 0 radical (unpaired) electrons. The molecular formula is C19H12ClN3O3S. The molecule has 1 N–H and O–H groups in total. The molecule has 0 spiro atoms. The molecule has 0 fully saturated rings. The van der Waals surface area contributed by atoms with Gasteiger partial charge in [0.2, 0.25) is 0 Å². The van der Waals surface area contributed by atoms with Gasteiger partial charge in [0.05, 0.1) is 21.0 Å². The Hall–Kier alpha value is -3.03. The van der Waals surface area contributed by atoms with E-state index in [1.165, 1.54) is 28.2 Å². The summed E-state index contributed by atoms with van der Waals surface area (Å²) in [5, 5.41) is 15.0. The SMILES string of the molecule is Cc1nc2c(=O)n(-c3ccc(C(=O)O)cc3)nc(-c3ccc(Cl)cc3)c2s1. The summed E-state index contributed by atoms with van der Waals surface area (Å²) in [5.74, 6) is -1.03. The monoisotopic (exact) mass is 397 g/mol. The van der Waals surface area contributed by atoms with Gasteiger partial charge in [0.25, 0.3) is 5.56 Å². The Morgan fingerprint density at radius 3 is 2.41 bits per heavy atom. The molecule has 0 aliphatic rings. The number of benzene rings is 2. The van der Waals surface area contributed by atoms with E-state index in [4.69, 9.17) is 16.7 Å². The van der Waals surface area contributed by atoms with Crippen LogP contribution in [0.4, 0.5) is 0 Å². The second-order valence-electron chi connectivity index (χ2n) is 5.84. The number of aromatic nitrogens is 3. The number of nitrogens with zero attached hydrogens (tertiary/aromatic N) is 3. The molecule has 6 nitrogen and oxygen atoms in total. The summed E-state index contributed by atoms with van der Waals surface area (Å²) in [6.07, 6.45) is 0. The molecule has 4 rings (SSSR count). The summed E-state index contributed by atoms with van der Waals surface area (Å²) < 4.78 is 1.95. The van der Waals surface area contributed by atoms with Gasteiger partial charge < -0.3 is 5.11 Å². The van der Waals surface area contributed by atoms with Crippen LogP contribution >= 0.6 is 22.9 Å². The minimum Gasteiger partial charge on any atom is -0.478 e. The first-order valence-electron chi connectivity index (χ1n) is 7.94. The largest absolute Gasteiger partial charge is 0.478 e. The molecule has 0 aliphatic carbocycles. The topological polar surface area (TPSA) is 85.1 Å². The molecule has 0 saturated heterocycles. The summed E-state index contributed by atoms with van der Waals surface area (Å²) >= 11 is 7.39. The molecule has 0 atom stereocenters. The summed E-state index contributed by atoms with van der Waals surface area (Å²) in [6, 6.07) is 13.2. The van der Waals surface area contributed by atoms with Crippen LogP contribution in [0.5, 0.6) is 0 Å². The standard InChI is InChI=1S/C19H12ClN3O3S/c1-10-21-16-17(27-10)15(11-2-6-13(20)7-3-11)22-23(18(16)24)14-8-4-12(5-9-14)19(25)26/h2-9H,1H3,(H,25,26). The number of carboxylic acid groups (broad SMARTS) is 1. The van der Waals surface area contributed by atoms with Crippen LogP contribution in [0.25, 0.3) is 27.2 Å². The summed E-state index contributed by atoms with van der Waals surface area (Å²) in [7, 11) is 0. The van der Waals surface area contributed by atoms with Crippen molar-refractivity contribution in [1.82, 2.24) is 14.8 Å². The lowest BCUT2D eigenvalue weighted by Gasteiger charge is -2.09. The molecular weight excluding hydrogens is 386 g/mol. The molecule has 4 aromatic rings. The smallest absolute Gasteiger partial charge is 0.335 e. The van der Waals surface area contributed by atoms with Gasteiger partial charge in [-0.25, -0.2) is 9.78 Å². The highest BCUT2D eigenvalue weighted by molar-refractivity contribution is 7.19. The third kappa shape index (κ3) is 3.11. The van der Waals surface area contributed by atoms with E-state index in [1.807, 2.05) is 19.1 Å². The Morgan fingerprint density at radius 1 is 1.11 bits per heavy atom. The van der Waals surface area contributed by atoms with Crippen LogP contribution in [-0.2, 0) is 0 Å². The van der Waals surface area contributed by atoms with Gasteiger partial charge in [-0.05, 0) is 43.3 Å². The molecule has 27 heavy (non-hydrogen) atoms. The van der Waals surface area contributed by atoms with Crippen molar-refractivity contribution in [3.05, 3.63) is 74.5 Å². The van der Waals surface area contributed by atoms with Gasteiger partial charge in [-0.2, -0.15) is 9.78 Å². The van der Waals surface area contributed by atoms with Gasteiger partial charge in [0.15, 0.2) is 5.52 Å². The van der Waals surface area contributed by atoms with Crippen molar-refractivity contribution in [1.29, 1.82) is 0 Å². The Bertz CT molecular complexity index is 1230. The van der Waals surface area contributed by atoms with Crippen molar-refractivity contribution in [2.24, 2.45) is 0 Å². The van der Waals surface area contributed by atoms with E-state index in [0.717, 1.165) is 10.6 Å². The van der Waals surface area contributed by atoms with Crippen molar-refractivity contribution in [2.75, 3.05) is 0 Å². The predicted octanol–water partition coefficient (Wildman–Crippen LogP) is 4.17. The van der Waals surface area contributed by atoms with Crippen LogP contribution in [0.15, 0.2) is 53.3 Å². The lowest BCUT2D eigenvalue weighted by atomic mass is 10.1. The minimum atomic E-state index is -1.03. The molecule has 134 valence electrons. The van der Waals surface area contributed by atoms with E-state index in [1.54, 1.807) is 24.3 Å². The third-order valence-corrected chi connectivity index (χ3v) is 5.25. The molecule has 2 aromatic carbocycles. The molecule has 8 heteroatoms. The number of aryl methyl sites for hydroxylation is 1. The number of thiazole rings is 1. The number of fused-ring (bicyclic) bond motifs is 1. The maximum Gasteiger partial charge on any atom is 0.335 e. The minimum absolute atomic E-state index is 0.135. The summed E-state index contributed by atoms with van der Waals surface area (Å²) in [4.78, 5) is 28.3. The van der Waals surface area contributed by atoms with E-state index >= 15 is 0 Å². The molecule has 2 heterocycles. The molecule has 0 amide bonds. The van der Waals surface area contributed by atoms with Gasteiger partial charge in [0, 0.05) is 10.6 Å². The normalized spacial score (nSPS) is 11.0. The van der Waals surface area contributed by atoms with Crippen LogP contribution < -0.4 is 5.56 Å². The summed E-state index contributed by atoms with van der Waals surface area (Å²) in [5.41, 5.74) is 2.01. The highest BCUT2D eigenvalue weighted by Crippen LogP contribution is 2.30. The second kappa shape index (κ2) is 6.61. The number of hydrogen-bond donors (Lipinski definition) is 1. The van der Waals surface area contributed by atoms with E-state index in [-0.39, 0.29) is 11.1 Å². The number of hydrogen-bond acceptors (Lipinski definition) is 5. The zero-order valence-corrected chi connectivity index (χ0v) is 15.6. The van der Waals surface area contributed by atoms with Crippen LogP contribution in [0.3, 0.4) is 0 Å². The average Bonchev–Trinajstić information content (AvgIpc) is 3.05. The number of halogens is 1. The van der Waals surface area contributed by atoms with E-state index < -0.39 is 5.97 Å². The highest BCUT2D eigenvalue weighted by Gasteiger charge is 2.17. The maximum atomic E-state index is 12.9. The number of carbonyl (C=O) groups is 1. The number of rotatable bonds is 3. The number of aromatic carboxylic acids is 1. The van der Waals surface area contributed by atoms with Gasteiger partial charge in [0.1, 0.15) is 5.69 Å².